The Hall–Kier alpha value is -3.47. The van der Waals surface area contributed by atoms with Crippen molar-refractivity contribution in [3.63, 3.8) is 0 Å². The molecule has 138 valence electrons. The average Bonchev–Trinajstić information content (AvgIpc) is 3.57. The first-order valence-corrected chi connectivity index (χ1v) is 9.53. The lowest BCUT2D eigenvalue weighted by atomic mass is 10.2. The maximum atomic E-state index is 13.4. The Labute approximate surface area is 162 Å². The third-order valence-corrected chi connectivity index (χ3v) is 5.05. The van der Waals surface area contributed by atoms with Gasteiger partial charge in [-0.2, -0.15) is 0 Å². The molecule has 1 aliphatic rings. The van der Waals surface area contributed by atoms with Crippen LogP contribution >= 0.6 is 0 Å². The molecule has 5 heteroatoms. The maximum absolute atomic E-state index is 13.4. The summed E-state index contributed by atoms with van der Waals surface area (Å²) in [5.74, 6) is 1.28. The summed E-state index contributed by atoms with van der Waals surface area (Å²) in [4.78, 5) is 22.4. The summed E-state index contributed by atoms with van der Waals surface area (Å²) in [6.07, 6.45) is 5.74. The van der Waals surface area contributed by atoms with Gasteiger partial charge in [-0.25, -0.2) is 4.98 Å². The third kappa shape index (κ3) is 3.27. The van der Waals surface area contributed by atoms with E-state index in [0.717, 1.165) is 41.1 Å². The van der Waals surface area contributed by atoms with Crippen molar-refractivity contribution in [1.82, 2.24) is 14.5 Å². The number of nitrogens with zero attached hydrogens (tertiary/aromatic N) is 3. The zero-order valence-corrected chi connectivity index (χ0v) is 15.4. The normalized spacial score (nSPS) is 13.6. The highest BCUT2D eigenvalue weighted by atomic mass is 16.1. The van der Waals surface area contributed by atoms with E-state index in [4.69, 9.17) is 4.98 Å². The molecule has 2 aromatic heterocycles. The predicted molar refractivity (Wildman–Crippen MR) is 111 cm³/mol. The number of hydrogen-bond donors (Lipinski definition) is 1. The van der Waals surface area contributed by atoms with Gasteiger partial charge in [-0.05, 0) is 54.8 Å². The van der Waals surface area contributed by atoms with Gasteiger partial charge in [0.2, 0.25) is 0 Å². The van der Waals surface area contributed by atoms with E-state index in [1.165, 1.54) is 0 Å². The molecule has 2 aromatic carbocycles. The molecule has 0 spiro atoms. The van der Waals surface area contributed by atoms with E-state index in [9.17, 15) is 4.79 Å². The standard InChI is InChI=1S/C23H20N4O/c28-23-20-13-19(25-18-6-2-1-3-7-18)10-11-21(20)26-22(17-8-9-17)27(23)15-16-5-4-12-24-14-16/h1-7,10-14,17,25H,8-9,15H2. The van der Waals surface area contributed by atoms with Crippen molar-refractivity contribution in [2.45, 2.75) is 25.3 Å². The van der Waals surface area contributed by atoms with Gasteiger partial charge in [-0.1, -0.05) is 24.3 Å². The Morgan fingerprint density at radius 2 is 1.86 bits per heavy atom. The molecule has 5 nitrogen and oxygen atoms in total. The zero-order chi connectivity index (χ0) is 18.9. The van der Waals surface area contributed by atoms with Gasteiger partial charge in [0.1, 0.15) is 5.82 Å². The molecule has 1 N–H and O–H groups in total. The van der Waals surface area contributed by atoms with Crippen molar-refractivity contribution in [1.29, 1.82) is 0 Å². The number of hydrogen-bond acceptors (Lipinski definition) is 4. The van der Waals surface area contributed by atoms with Gasteiger partial charge < -0.3 is 5.32 Å². The first-order chi connectivity index (χ1) is 13.8. The first kappa shape index (κ1) is 16.7. The summed E-state index contributed by atoms with van der Waals surface area (Å²) in [5.41, 5.74) is 3.64. The van der Waals surface area contributed by atoms with Crippen LogP contribution in [0.3, 0.4) is 0 Å². The lowest BCUT2D eigenvalue weighted by Crippen LogP contribution is -2.25. The summed E-state index contributed by atoms with van der Waals surface area (Å²) in [7, 11) is 0. The number of nitrogens with one attached hydrogen (secondary N) is 1. The van der Waals surface area contributed by atoms with Crippen molar-refractivity contribution in [3.05, 3.63) is 94.8 Å². The minimum atomic E-state index is 0.00691. The number of anilines is 2. The molecule has 0 aliphatic heterocycles. The van der Waals surface area contributed by atoms with Crippen LogP contribution in [-0.2, 0) is 6.54 Å². The molecule has 0 radical (unpaired) electrons. The van der Waals surface area contributed by atoms with Crippen LogP contribution in [0.2, 0.25) is 0 Å². The molecule has 5 rings (SSSR count). The van der Waals surface area contributed by atoms with Crippen LogP contribution in [-0.4, -0.2) is 14.5 Å². The van der Waals surface area contributed by atoms with Crippen molar-refractivity contribution >= 4 is 22.3 Å². The third-order valence-electron chi connectivity index (χ3n) is 5.05. The van der Waals surface area contributed by atoms with Gasteiger partial charge in [0, 0.05) is 29.7 Å². The Morgan fingerprint density at radius 1 is 1.00 bits per heavy atom. The quantitative estimate of drug-likeness (QED) is 0.565. The highest BCUT2D eigenvalue weighted by molar-refractivity contribution is 5.83. The number of pyridine rings is 1. The van der Waals surface area contributed by atoms with Crippen molar-refractivity contribution in [2.24, 2.45) is 0 Å². The molecule has 4 aromatic rings. The SMILES string of the molecule is O=c1c2cc(Nc3ccccc3)ccc2nc(C2CC2)n1Cc1cccnc1. The molecular weight excluding hydrogens is 348 g/mol. The Kier molecular flexibility index (Phi) is 4.13. The van der Waals surface area contributed by atoms with Crippen molar-refractivity contribution in [2.75, 3.05) is 5.32 Å². The Morgan fingerprint density at radius 3 is 2.61 bits per heavy atom. The highest BCUT2D eigenvalue weighted by Gasteiger charge is 2.29. The fourth-order valence-electron chi connectivity index (χ4n) is 3.48. The number of rotatable bonds is 5. The lowest BCUT2D eigenvalue weighted by molar-refractivity contribution is 0.679. The van der Waals surface area contributed by atoms with Gasteiger partial charge >= 0.3 is 0 Å². The first-order valence-electron chi connectivity index (χ1n) is 9.53. The van der Waals surface area contributed by atoms with E-state index in [0.29, 0.717) is 17.8 Å². The summed E-state index contributed by atoms with van der Waals surface area (Å²) >= 11 is 0. The fourth-order valence-corrected chi connectivity index (χ4v) is 3.48. The van der Waals surface area contributed by atoms with Crippen LogP contribution < -0.4 is 10.9 Å². The summed E-state index contributed by atoms with van der Waals surface area (Å²) in [6.45, 7) is 0.498. The second-order valence-corrected chi connectivity index (χ2v) is 7.22. The Bertz CT molecular complexity index is 1180. The zero-order valence-electron chi connectivity index (χ0n) is 15.4. The second-order valence-electron chi connectivity index (χ2n) is 7.22. The summed E-state index contributed by atoms with van der Waals surface area (Å²) in [5, 5.41) is 3.99. The van der Waals surface area contributed by atoms with Gasteiger partial charge in [-0.15, -0.1) is 0 Å². The number of aromatic nitrogens is 3. The average molecular weight is 368 g/mol. The van der Waals surface area contributed by atoms with Gasteiger partial charge in [0.15, 0.2) is 0 Å². The molecule has 2 heterocycles. The van der Waals surface area contributed by atoms with E-state index in [2.05, 4.69) is 10.3 Å². The predicted octanol–water partition coefficient (Wildman–Crippen LogP) is 4.46. The monoisotopic (exact) mass is 368 g/mol. The lowest BCUT2D eigenvalue weighted by Gasteiger charge is -2.14. The van der Waals surface area contributed by atoms with Crippen molar-refractivity contribution < 1.29 is 0 Å². The molecule has 0 amide bonds. The van der Waals surface area contributed by atoms with E-state index in [1.54, 1.807) is 12.4 Å². The van der Waals surface area contributed by atoms with Gasteiger partial charge in [-0.3, -0.25) is 14.3 Å². The van der Waals surface area contributed by atoms with E-state index in [1.807, 2.05) is 65.2 Å². The molecule has 1 fully saturated rings. The van der Waals surface area contributed by atoms with Crippen LogP contribution in [0.25, 0.3) is 10.9 Å². The van der Waals surface area contributed by atoms with Crippen LogP contribution in [0, 0.1) is 0 Å². The molecule has 28 heavy (non-hydrogen) atoms. The maximum Gasteiger partial charge on any atom is 0.261 e. The van der Waals surface area contributed by atoms with E-state index < -0.39 is 0 Å². The molecule has 0 bridgehead atoms. The number of fused-ring (bicyclic) bond motifs is 1. The van der Waals surface area contributed by atoms with Crippen LogP contribution in [0.15, 0.2) is 77.9 Å². The minimum Gasteiger partial charge on any atom is -0.356 e. The number of benzene rings is 2. The summed E-state index contributed by atoms with van der Waals surface area (Å²) in [6, 6.07) is 19.6. The fraction of sp³-hybridized carbons (Fsp3) is 0.174. The molecular formula is C23H20N4O. The van der Waals surface area contributed by atoms with Crippen LogP contribution in [0.1, 0.15) is 30.1 Å². The van der Waals surface area contributed by atoms with E-state index in [-0.39, 0.29) is 5.56 Å². The van der Waals surface area contributed by atoms with Crippen molar-refractivity contribution in [3.8, 4) is 0 Å². The largest absolute Gasteiger partial charge is 0.356 e. The summed E-state index contributed by atoms with van der Waals surface area (Å²) < 4.78 is 1.82. The highest BCUT2D eigenvalue weighted by Crippen LogP contribution is 2.39. The van der Waals surface area contributed by atoms with Gasteiger partial charge in [0.05, 0.1) is 17.4 Å². The molecule has 1 aliphatic carbocycles. The molecule has 0 atom stereocenters. The minimum absolute atomic E-state index is 0.00691. The molecule has 0 saturated heterocycles. The second kappa shape index (κ2) is 6.93. The topological polar surface area (TPSA) is 59.8 Å². The molecule has 0 unspecified atom stereocenters. The number of para-hydroxylation sites is 1. The Balaban J connectivity index is 1.60. The smallest absolute Gasteiger partial charge is 0.261 e. The van der Waals surface area contributed by atoms with Crippen LogP contribution in [0.4, 0.5) is 11.4 Å². The van der Waals surface area contributed by atoms with Crippen LogP contribution in [0.5, 0.6) is 0 Å². The van der Waals surface area contributed by atoms with Gasteiger partial charge in [0.25, 0.3) is 5.56 Å². The van der Waals surface area contributed by atoms with E-state index >= 15 is 0 Å². The molecule has 1 saturated carbocycles.